The van der Waals surface area contributed by atoms with E-state index in [1.165, 1.54) is 0 Å². The van der Waals surface area contributed by atoms with Crippen molar-refractivity contribution in [2.24, 2.45) is 0 Å². The second-order valence-corrected chi connectivity index (χ2v) is 13.1. The van der Waals surface area contributed by atoms with Gasteiger partial charge in [0.15, 0.2) is 12.6 Å². The number of thioether (sulfide) groups is 2. The van der Waals surface area contributed by atoms with E-state index in [0.29, 0.717) is 36.8 Å². The first-order chi connectivity index (χ1) is 19.2. The zero-order valence-corrected chi connectivity index (χ0v) is 25.7. The summed E-state index contributed by atoms with van der Waals surface area (Å²) in [7, 11) is 0. The van der Waals surface area contributed by atoms with Crippen molar-refractivity contribution in [3.63, 3.8) is 0 Å². The molecule has 40 heavy (non-hydrogen) atoms. The molecule has 0 aromatic rings. The van der Waals surface area contributed by atoms with Crippen molar-refractivity contribution in [2.75, 3.05) is 43.6 Å². The number of amidine groups is 2. The lowest BCUT2D eigenvalue weighted by Gasteiger charge is -2.43. The van der Waals surface area contributed by atoms with E-state index in [0.717, 1.165) is 63.0 Å². The predicted molar refractivity (Wildman–Crippen MR) is 161 cm³/mol. The highest BCUT2D eigenvalue weighted by molar-refractivity contribution is 8.00. The quantitative estimate of drug-likeness (QED) is 0.0611. The molecule has 13 heteroatoms. The molecule has 2 rings (SSSR count). The molecule has 0 saturated carbocycles. The van der Waals surface area contributed by atoms with Crippen molar-refractivity contribution in [1.29, 1.82) is 10.8 Å². The average Bonchev–Trinajstić information content (AvgIpc) is 2.94. The number of hydrogen-bond acceptors (Lipinski definition) is 11. The Bertz CT molecular complexity index is 735. The van der Waals surface area contributed by atoms with Gasteiger partial charge in [0, 0.05) is 54.4 Å². The fraction of sp³-hybridized carbons (Fsp3) is 0.926. The molecule has 0 aromatic heterocycles. The zero-order chi connectivity index (χ0) is 29.4. The maximum Gasteiger partial charge on any atom is 0.186 e. The van der Waals surface area contributed by atoms with Crippen molar-refractivity contribution in [1.82, 2.24) is 10.6 Å². The van der Waals surface area contributed by atoms with Gasteiger partial charge in [-0.2, -0.15) is 23.5 Å². The van der Waals surface area contributed by atoms with Crippen molar-refractivity contribution in [3.8, 4) is 0 Å². The number of hydrogen-bond donors (Lipinski definition) is 8. The molecule has 2 heterocycles. The van der Waals surface area contributed by atoms with Gasteiger partial charge in [-0.05, 0) is 25.7 Å². The smallest absolute Gasteiger partial charge is 0.186 e. The van der Waals surface area contributed by atoms with Crippen molar-refractivity contribution in [2.45, 2.75) is 113 Å². The Morgan fingerprint density at radius 2 is 1.43 bits per heavy atom. The molecule has 2 aliphatic rings. The van der Waals surface area contributed by atoms with E-state index in [4.69, 9.17) is 25.0 Å². The van der Waals surface area contributed by atoms with Crippen LogP contribution in [0.4, 0.5) is 0 Å². The Morgan fingerprint density at radius 1 is 0.825 bits per heavy atom. The van der Waals surface area contributed by atoms with Gasteiger partial charge in [-0.15, -0.1) is 0 Å². The van der Waals surface area contributed by atoms with Crippen LogP contribution < -0.4 is 10.6 Å². The number of aliphatic hydroxyl groups is 4. The lowest BCUT2D eigenvalue weighted by molar-refractivity contribution is -0.300. The summed E-state index contributed by atoms with van der Waals surface area (Å²) < 4.78 is 16.3. The van der Waals surface area contributed by atoms with Crippen molar-refractivity contribution >= 4 is 35.2 Å². The normalized spacial score (nSPS) is 27.4. The molecule has 0 aromatic carbocycles. The molecule has 0 radical (unpaired) electrons. The zero-order valence-electron chi connectivity index (χ0n) is 24.1. The van der Waals surface area contributed by atoms with Crippen LogP contribution in [-0.2, 0) is 14.2 Å². The van der Waals surface area contributed by atoms with Gasteiger partial charge in [0.25, 0.3) is 0 Å². The maximum atomic E-state index is 10.1. The SMILES string of the molecule is CCC(CC)(SCCNC(=N)CCCCCCC(=N)NCCSCC1OCC(O)C(O)O1)C1CC(O)C(O)CO1. The summed E-state index contributed by atoms with van der Waals surface area (Å²) in [6.45, 7) is 5.95. The lowest BCUT2D eigenvalue weighted by atomic mass is 9.88. The van der Waals surface area contributed by atoms with Crippen LogP contribution >= 0.6 is 23.5 Å². The minimum atomic E-state index is -1.19. The fourth-order valence-corrected chi connectivity index (χ4v) is 6.99. The first-order valence-corrected chi connectivity index (χ1v) is 16.8. The molecule has 6 atom stereocenters. The van der Waals surface area contributed by atoms with Crippen LogP contribution in [0, 0.1) is 10.8 Å². The standard InChI is InChI=1S/C27H52N4O7S2/c1-3-27(4-2,22-15-19(32)20(33)16-36-22)40-14-12-31-24(29)10-8-6-5-7-9-23(28)30-11-13-39-18-25-37-17-21(34)26(35)38-25/h19-22,25-26,32-35H,3-18H2,1-2H3,(H2,28,30)(H2,29,31). The summed E-state index contributed by atoms with van der Waals surface area (Å²) in [5.74, 6) is 3.30. The van der Waals surface area contributed by atoms with Gasteiger partial charge in [0.05, 0.1) is 37.1 Å². The highest BCUT2D eigenvalue weighted by Gasteiger charge is 2.42. The second-order valence-electron chi connectivity index (χ2n) is 10.5. The summed E-state index contributed by atoms with van der Waals surface area (Å²) in [5, 5.41) is 61.4. The van der Waals surface area contributed by atoms with Crippen molar-refractivity contribution in [3.05, 3.63) is 0 Å². The van der Waals surface area contributed by atoms with Gasteiger partial charge >= 0.3 is 0 Å². The average molecular weight is 609 g/mol. The molecule has 0 aliphatic carbocycles. The summed E-state index contributed by atoms with van der Waals surface area (Å²) in [6, 6.07) is 0. The number of unbranched alkanes of at least 4 members (excludes halogenated alkanes) is 3. The fourth-order valence-electron chi connectivity index (χ4n) is 4.84. The topological polar surface area (TPSA) is 180 Å². The van der Waals surface area contributed by atoms with Crippen LogP contribution in [-0.4, -0.2) is 117 Å². The lowest BCUT2D eigenvalue weighted by Crippen LogP contribution is -2.50. The largest absolute Gasteiger partial charge is 0.390 e. The number of rotatable bonds is 19. The monoisotopic (exact) mass is 608 g/mol. The maximum absolute atomic E-state index is 10.1. The van der Waals surface area contributed by atoms with E-state index >= 15 is 0 Å². The Hall–Kier alpha value is -0.640. The molecule has 0 bridgehead atoms. The van der Waals surface area contributed by atoms with Gasteiger partial charge in [-0.3, -0.25) is 10.8 Å². The summed E-state index contributed by atoms with van der Waals surface area (Å²) in [5.41, 5.74) is 0. The highest BCUT2D eigenvalue weighted by atomic mass is 32.2. The van der Waals surface area contributed by atoms with Crippen LogP contribution in [0.15, 0.2) is 0 Å². The Labute approximate surface area is 247 Å². The van der Waals surface area contributed by atoms with E-state index in [2.05, 4.69) is 24.5 Å². The molecular formula is C27H52N4O7S2. The number of ether oxygens (including phenoxy) is 3. The molecule has 234 valence electrons. The van der Waals surface area contributed by atoms with Crippen molar-refractivity contribution < 1.29 is 34.6 Å². The van der Waals surface area contributed by atoms with Crippen LogP contribution in [0.2, 0.25) is 0 Å². The molecule has 2 aliphatic heterocycles. The third-order valence-corrected chi connectivity index (χ3v) is 10.3. The number of nitrogens with one attached hydrogen (secondary N) is 4. The van der Waals surface area contributed by atoms with Gasteiger partial charge in [-0.25, -0.2) is 0 Å². The molecule has 6 unspecified atom stereocenters. The molecule has 2 fully saturated rings. The molecule has 0 amide bonds. The van der Waals surface area contributed by atoms with Crippen LogP contribution in [0.25, 0.3) is 0 Å². The highest BCUT2D eigenvalue weighted by Crippen LogP contribution is 2.40. The third kappa shape index (κ3) is 12.7. The predicted octanol–water partition coefficient (Wildman–Crippen LogP) is 2.05. The Kier molecular flexibility index (Phi) is 17.4. The summed E-state index contributed by atoms with van der Waals surface area (Å²) in [4.78, 5) is 0. The van der Waals surface area contributed by atoms with E-state index in [1.54, 1.807) is 11.8 Å². The van der Waals surface area contributed by atoms with Gasteiger partial charge in [0.1, 0.15) is 12.2 Å². The Morgan fingerprint density at radius 3 is 2.00 bits per heavy atom. The van der Waals surface area contributed by atoms with Crippen LogP contribution in [0.5, 0.6) is 0 Å². The number of aliphatic hydroxyl groups excluding tert-OH is 4. The Balaban J connectivity index is 1.44. The first kappa shape index (κ1) is 35.6. The van der Waals surface area contributed by atoms with Gasteiger partial charge in [0.2, 0.25) is 0 Å². The molecule has 0 spiro atoms. The summed E-state index contributed by atoms with van der Waals surface area (Å²) in [6.07, 6.45) is 3.41. The van der Waals surface area contributed by atoms with E-state index in [-0.39, 0.29) is 24.1 Å². The molecule has 11 nitrogen and oxygen atoms in total. The van der Waals surface area contributed by atoms with E-state index in [1.807, 2.05) is 11.8 Å². The van der Waals surface area contributed by atoms with Gasteiger partial charge < -0.3 is 45.3 Å². The minimum absolute atomic E-state index is 0.0713. The van der Waals surface area contributed by atoms with Gasteiger partial charge in [-0.1, -0.05) is 26.7 Å². The molecule has 2 saturated heterocycles. The van der Waals surface area contributed by atoms with E-state index in [9.17, 15) is 20.4 Å². The summed E-state index contributed by atoms with van der Waals surface area (Å²) >= 11 is 3.45. The van der Waals surface area contributed by atoms with Crippen LogP contribution in [0.3, 0.4) is 0 Å². The minimum Gasteiger partial charge on any atom is -0.390 e. The molecule has 8 N–H and O–H groups in total. The first-order valence-electron chi connectivity index (χ1n) is 14.7. The second kappa shape index (κ2) is 19.5. The van der Waals surface area contributed by atoms with E-state index < -0.39 is 30.9 Å². The van der Waals surface area contributed by atoms with Crippen LogP contribution in [0.1, 0.15) is 71.6 Å². The molecular weight excluding hydrogens is 556 g/mol. The third-order valence-electron chi connectivity index (χ3n) is 7.50.